The topological polar surface area (TPSA) is 68.8 Å². The second-order valence-electron chi connectivity index (χ2n) is 6.50. The molecule has 2 aromatic rings. The van der Waals surface area contributed by atoms with Gasteiger partial charge in [-0.1, -0.05) is 13.8 Å². The number of hydrogen-bond donors (Lipinski definition) is 2. The highest BCUT2D eigenvalue weighted by atomic mass is 32.1. The van der Waals surface area contributed by atoms with E-state index in [0.29, 0.717) is 31.3 Å². The number of rotatable bonds is 9. The van der Waals surface area contributed by atoms with Crippen LogP contribution in [0.4, 0.5) is 5.69 Å². The van der Waals surface area contributed by atoms with E-state index < -0.39 is 0 Å². The standard InChI is InChI=1S/C21H26N2O4S/c1-15(2)14-27-19-8-4-16(5-9-19)20(24)23-21(28)22-17-6-10-18(11-7-17)26-13-12-25-3/h4-11,15H,12-14H2,1-3H3,(H2,22,23,24,28). The van der Waals surface area contributed by atoms with Crippen LogP contribution >= 0.6 is 12.2 Å². The van der Waals surface area contributed by atoms with E-state index in [-0.39, 0.29) is 11.0 Å². The minimum absolute atomic E-state index is 0.221. The van der Waals surface area contributed by atoms with Crippen molar-refractivity contribution in [1.29, 1.82) is 0 Å². The van der Waals surface area contributed by atoms with Crippen LogP contribution in [0.1, 0.15) is 24.2 Å². The molecule has 28 heavy (non-hydrogen) atoms. The van der Waals surface area contributed by atoms with E-state index in [1.54, 1.807) is 31.4 Å². The van der Waals surface area contributed by atoms with Gasteiger partial charge in [0.05, 0.1) is 13.2 Å². The van der Waals surface area contributed by atoms with E-state index in [0.717, 1.165) is 17.2 Å². The Morgan fingerprint density at radius 1 is 0.964 bits per heavy atom. The van der Waals surface area contributed by atoms with Crippen molar-refractivity contribution in [3.8, 4) is 11.5 Å². The number of carbonyl (C=O) groups is 1. The smallest absolute Gasteiger partial charge is 0.257 e. The summed E-state index contributed by atoms with van der Waals surface area (Å²) in [4.78, 5) is 12.3. The van der Waals surface area contributed by atoms with Gasteiger partial charge < -0.3 is 19.5 Å². The first-order chi connectivity index (χ1) is 13.5. The number of thiocarbonyl (C=S) groups is 1. The highest BCUT2D eigenvalue weighted by Crippen LogP contribution is 2.16. The maximum Gasteiger partial charge on any atom is 0.257 e. The molecule has 0 heterocycles. The van der Waals surface area contributed by atoms with Gasteiger partial charge in [0, 0.05) is 18.4 Å². The number of amides is 1. The Hall–Kier alpha value is -2.64. The third-order valence-electron chi connectivity index (χ3n) is 3.60. The number of anilines is 1. The van der Waals surface area contributed by atoms with Crippen molar-refractivity contribution >= 4 is 28.9 Å². The van der Waals surface area contributed by atoms with Gasteiger partial charge in [-0.3, -0.25) is 10.1 Å². The van der Waals surface area contributed by atoms with Crippen LogP contribution in [0.5, 0.6) is 11.5 Å². The molecule has 1 amide bonds. The molecule has 2 N–H and O–H groups in total. The lowest BCUT2D eigenvalue weighted by molar-refractivity contribution is 0.0977. The van der Waals surface area contributed by atoms with Gasteiger partial charge in [-0.15, -0.1) is 0 Å². The quantitative estimate of drug-likeness (QED) is 0.490. The summed E-state index contributed by atoms with van der Waals surface area (Å²) in [6.45, 7) is 5.81. The lowest BCUT2D eigenvalue weighted by Crippen LogP contribution is -2.34. The average Bonchev–Trinajstić information content (AvgIpc) is 2.68. The first kappa shape index (κ1) is 21.7. The maximum atomic E-state index is 12.3. The van der Waals surface area contributed by atoms with Crippen LogP contribution in [0.2, 0.25) is 0 Å². The average molecular weight is 403 g/mol. The number of methoxy groups -OCH3 is 1. The van der Waals surface area contributed by atoms with Crippen LogP contribution in [0.3, 0.4) is 0 Å². The number of nitrogens with one attached hydrogen (secondary N) is 2. The van der Waals surface area contributed by atoms with Crippen LogP contribution in [-0.4, -0.2) is 38.0 Å². The molecule has 6 nitrogen and oxygen atoms in total. The maximum absolute atomic E-state index is 12.3. The number of benzene rings is 2. The Bertz CT molecular complexity index is 761. The Labute approximate surface area is 171 Å². The van der Waals surface area contributed by atoms with Crippen molar-refractivity contribution in [3.05, 3.63) is 54.1 Å². The largest absolute Gasteiger partial charge is 0.493 e. The molecule has 0 aromatic heterocycles. The molecule has 0 radical (unpaired) electrons. The van der Waals surface area contributed by atoms with Crippen LogP contribution in [0.25, 0.3) is 0 Å². The summed E-state index contributed by atoms with van der Waals surface area (Å²) in [5, 5.41) is 5.86. The van der Waals surface area contributed by atoms with E-state index in [4.69, 9.17) is 26.4 Å². The predicted octanol–water partition coefficient (Wildman–Crippen LogP) is 3.87. The van der Waals surface area contributed by atoms with E-state index in [9.17, 15) is 4.79 Å². The molecule has 0 unspecified atom stereocenters. The molecule has 0 aliphatic rings. The van der Waals surface area contributed by atoms with Crippen molar-refractivity contribution in [2.24, 2.45) is 5.92 Å². The van der Waals surface area contributed by atoms with Gasteiger partial charge in [-0.2, -0.15) is 0 Å². The summed E-state index contributed by atoms with van der Waals surface area (Å²) in [7, 11) is 1.63. The van der Waals surface area contributed by atoms with Crippen molar-refractivity contribution in [2.45, 2.75) is 13.8 Å². The summed E-state index contributed by atoms with van der Waals surface area (Å²) < 4.78 is 16.1. The molecular weight excluding hydrogens is 376 g/mol. The SMILES string of the molecule is COCCOc1ccc(NC(=S)NC(=O)c2ccc(OCC(C)C)cc2)cc1. The lowest BCUT2D eigenvalue weighted by Gasteiger charge is -2.11. The van der Waals surface area contributed by atoms with Crippen molar-refractivity contribution < 1.29 is 19.0 Å². The van der Waals surface area contributed by atoms with Gasteiger partial charge in [-0.25, -0.2) is 0 Å². The summed E-state index contributed by atoms with van der Waals surface area (Å²) in [5.41, 5.74) is 1.25. The number of carbonyl (C=O) groups excluding carboxylic acids is 1. The Morgan fingerprint density at radius 2 is 1.57 bits per heavy atom. The van der Waals surface area contributed by atoms with E-state index in [1.807, 2.05) is 24.3 Å². The van der Waals surface area contributed by atoms with E-state index in [1.165, 1.54) is 0 Å². The molecule has 0 fully saturated rings. The normalized spacial score (nSPS) is 10.4. The Kier molecular flexibility index (Phi) is 8.71. The van der Waals surface area contributed by atoms with Gasteiger partial charge in [-0.05, 0) is 66.7 Å². The van der Waals surface area contributed by atoms with Gasteiger partial charge >= 0.3 is 0 Å². The fraction of sp³-hybridized carbons (Fsp3) is 0.333. The number of ether oxygens (including phenoxy) is 3. The molecule has 0 atom stereocenters. The zero-order chi connectivity index (χ0) is 20.4. The van der Waals surface area contributed by atoms with E-state index >= 15 is 0 Å². The summed E-state index contributed by atoms with van der Waals surface area (Å²) in [5.74, 6) is 1.63. The molecule has 0 saturated heterocycles. The third kappa shape index (κ3) is 7.54. The summed E-state index contributed by atoms with van der Waals surface area (Å²) in [6.07, 6.45) is 0. The molecule has 0 aliphatic carbocycles. The predicted molar refractivity (Wildman–Crippen MR) is 114 cm³/mol. The third-order valence-corrected chi connectivity index (χ3v) is 3.80. The highest BCUT2D eigenvalue weighted by molar-refractivity contribution is 7.80. The number of hydrogen-bond acceptors (Lipinski definition) is 5. The molecular formula is C21H26N2O4S. The van der Waals surface area contributed by atoms with E-state index in [2.05, 4.69) is 24.5 Å². The Morgan fingerprint density at radius 3 is 2.18 bits per heavy atom. The van der Waals surface area contributed by atoms with Gasteiger partial charge in [0.15, 0.2) is 5.11 Å². The minimum atomic E-state index is -0.285. The molecule has 2 aromatic carbocycles. The molecule has 150 valence electrons. The Balaban J connectivity index is 1.82. The summed E-state index contributed by atoms with van der Waals surface area (Å²) in [6, 6.07) is 14.2. The molecule has 0 aliphatic heterocycles. The van der Waals surface area contributed by atoms with Crippen LogP contribution in [0.15, 0.2) is 48.5 Å². The second-order valence-corrected chi connectivity index (χ2v) is 6.91. The molecule has 0 spiro atoms. The molecule has 0 saturated carbocycles. The first-order valence-corrected chi connectivity index (χ1v) is 9.45. The van der Waals surface area contributed by atoms with Gasteiger partial charge in [0.25, 0.3) is 5.91 Å². The van der Waals surface area contributed by atoms with Crippen LogP contribution < -0.4 is 20.1 Å². The molecule has 0 bridgehead atoms. The van der Waals surface area contributed by atoms with Gasteiger partial charge in [0.1, 0.15) is 18.1 Å². The zero-order valence-corrected chi connectivity index (χ0v) is 17.2. The zero-order valence-electron chi connectivity index (χ0n) is 16.4. The van der Waals surface area contributed by atoms with Crippen molar-refractivity contribution in [1.82, 2.24) is 5.32 Å². The second kappa shape index (κ2) is 11.3. The summed E-state index contributed by atoms with van der Waals surface area (Å²) >= 11 is 5.21. The molecule has 2 rings (SSSR count). The van der Waals surface area contributed by atoms with Crippen LogP contribution in [0, 0.1) is 5.92 Å². The van der Waals surface area contributed by atoms with Crippen molar-refractivity contribution in [2.75, 3.05) is 32.2 Å². The lowest BCUT2D eigenvalue weighted by atomic mass is 10.2. The molecule has 7 heteroatoms. The highest BCUT2D eigenvalue weighted by Gasteiger charge is 2.09. The minimum Gasteiger partial charge on any atom is -0.493 e. The van der Waals surface area contributed by atoms with Gasteiger partial charge in [0.2, 0.25) is 0 Å². The van der Waals surface area contributed by atoms with Crippen LogP contribution in [-0.2, 0) is 4.74 Å². The first-order valence-electron chi connectivity index (χ1n) is 9.05. The fourth-order valence-electron chi connectivity index (χ4n) is 2.18. The fourth-order valence-corrected chi connectivity index (χ4v) is 2.39. The van der Waals surface area contributed by atoms with Crippen molar-refractivity contribution in [3.63, 3.8) is 0 Å². The monoisotopic (exact) mass is 402 g/mol.